The van der Waals surface area contributed by atoms with Crippen LogP contribution in [0, 0.1) is 6.92 Å². The Morgan fingerprint density at radius 3 is 2.55 bits per heavy atom. The van der Waals surface area contributed by atoms with Crippen molar-refractivity contribution in [1.82, 2.24) is 9.88 Å². The van der Waals surface area contributed by atoms with E-state index in [0.29, 0.717) is 0 Å². The fourth-order valence-corrected chi connectivity index (χ4v) is 2.72. The Balaban J connectivity index is 2.23. The van der Waals surface area contributed by atoms with E-state index in [4.69, 9.17) is 5.73 Å². The minimum atomic E-state index is 0.0674. The fraction of sp³-hybridized carbons (Fsp3) is 0.353. The molecule has 20 heavy (non-hydrogen) atoms. The molecule has 2 unspecified atom stereocenters. The lowest BCUT2D eigenvalue weighted by Gasteiger charge is -2.32. The predicted molar refractivity (Wildman–Crippen MR) is 83.3 cm³/mol. The van der Waals surface area contributed by atoms with Gasteiger partial charge in [0.05, 0.1) is 0 Å². The second-order valence-electron chi connectivity index (χ2n) is 5.44. The average molecular weight is 269 g/mol. The molecule has 3 heteroatoms. The highest BCUT2D eigenvalue weighted by Crippen LogP contribution is 2.26. The van der Waals surface area contributed by atoms with Gasteiger partial charge in [0.15, 0.2) is 0 Å². The third kappa shape index (κ3) is 3.44. The van der Waals surface area contributed by atoms with Crippen molar-refractivity contribution in [2.45, 2.75) is 32.5 Å². The Labute approximate surface area is 121 Å². The zero-order valence-corrected chi connectivity index (χ0v) is 12.5. The molecule has 0 saturated heterocycles. The highest BCUT2D eigenvalue weighted by molar-refractivity contribution is 5.30. The van der Waals surface area contributed by atoms with Crippen LogP contribution < -0.4 is 5.73 Å². The maximum absolute atomic E-state index is 6.23. The maximum atomic E-state index is 6.23. The lowest BCUT2D eigenvalue weighted by molar-refractivity contribution is 0.210. The number of nitrogens with two attached hydrogens (primary N) is 1. The first-order valence-corrected chi connectivity index (χ1v) is 7.00. The number of nitrogens with zero attached hydrogens (tertiary/aromatic N) is 2. The molecular weight excluding hydrogens is 246 g/mol. The molecule has 2 aromatic rings. The average Bonchev–Trinajstić information content (AvgIpc) is 2.42. The van der Waals surface area contributed by atoms with Crippen molar-refractivity contribution < 1.29 is 0 Å². The fourth-order valence-electron chi connectivity index (χ4n) is 2.72. The van der Waals surface area contributed by atoms with Gasteiger partial charge in [0, 0.05) is 31.0 Å². The van der Waals surface area contributed by atoms with E-state index in [0.717, 1.165) is 6.54 Å². The van der Waals surface area contributed by atoms with Gasteiger partial charge in [0.25, 0.3) is 0 Å². The summed E-state index contributed by atoms with van der Waals surface area (Å²) in [5.74, 6) is 0. The molecule has 0 radical (unpaired) electrons. The number of hydrogen-bond donors (Lipinski definition) is 1. The molecule has 2 rings (SSSR count). The third-order valence-corrected chi connectivity index (χ3v) is 3.63. The van der Waals surface area contributed by atoms with Crippen molar-refractivity contribution in [3.8, 4) is 0 Å². The van der Waals surface area contributed by atoms with E-state index < -0.39 is 0 Å². The predicted octanol–water partition coefficient (Wildman–Crippen LogP) is 2.91. The highest BCUT2D eigenvalue weighted by Gasteiger charge is 2.22. The van der Waals surface area contributed by atoms with E-state index in [1.165, 1.54) is 16.7 Å². The summed E-state index contributed by atoms with van der Waals surface area (Å²) < 4.78 is 0. The van der Waals surface area contributed by atoms with Gasteiger partial charge in [-0.25, -0.2) is 0 Å². The normalized spacial score (nSPS) is 14.2. The summed E-state index contributed by atoms with van der Waals surface area (Å²) in [4.78, 5) is 6.47. The Hall–Kier alpha value is -1.71. The number of benzene rings is 1. The standard InChI is InChI=1S/C17H23N3/c1-13-7-4-5-9-16(13)17(14(2)18)20(3)12-15-8-6-10-19-11-15/h4-11,14,17H,12,18H2,1-3H3. The maximum Gasteiger partial charge on any atom is 0.0499 e. The van der Waals surface area contributed by atoms with E-state index in [9.17, 15) is 0 Å². The second kappa shape index (κ2) is 6.64. The largest absolute Gasteiger partial charge is 0.326 e. The molecule has 2 atom stereocenters. The molecule has 1 aromatic heterocycles. The van der Waals surface area contributed by atoms with E-state index in [1.54, 1.807) is 6.20 Å². The molecule has 0 aliphatic heterocycles. The first-order chi connectivity index (χ1) is 9.59. The number of hydrogen-bond acceptors (Lipinski definition) is 3. The Kier molecular flexibility index (Phi) is 4.88. The Bertz CT molecular complexity index is 537. The first kappa shape index (κ1) is 14.7. The molecule has 0 bridgehead atoms. The highest BCUT2D eigenvalue weighted by atomic mass is 15.1. The molecule has 0 amide bonds. The third-order valence-electron chi connectivity index (χ3n) is 3.63. The van der Waals surface area contributed by atoms with Gasteiger partial charge in [-0.15, -0.1) is 0 Å². The van der Waals surface area contributed by atoms with Gasteiger partial charge in [-0.1, -0.05) is 30.3 Å². The smallest absolute Gasteiger partial charge is 0.0499 e. The van der Waals surface area contributed by atoms with Crippen molar-refractivity contribution in [1.29, 1.82) is 0 Å². The monoisotopic (exact) mass is 269 g/mol. The lowest BCUT2D eigenvalue weighted by atomic mass is 9.95. The van der Waals surface area contributed by atoms with Gasteiger partial charge in [-0.2, -0.15) is 0 Å². The van der Waals surface area contributed by atoms with Crippen LogP contribution in [-0.2, 0) is 6.54 Å². The lowest BCUT2D eigenvalue weighted by Crippen LogP contribution is -2.37. The van der Waals surface area contributed by atoms with Crippen molar-refractivity contribution in [2.24, 2.45) is 5.73 Å². The van der Waals surface area contributed by atoms with Crippen LogP contribution in [0.3, 0.4) is 0 Å². The molecule has 3 nitrogen and oxygen atoms in total. The van der Waals surface area contributed by atoms with Crippen LogP contribution in [-0.4, -0.2) is 23.0 Å². The summed E-state index contributed by atoms with van der Waals surface area (Å²) in [5, 5.41) is 0. The van der Waals surface area contributed by atoms with Crippen molar-refractivity contribution in [3.63, 3.8) is 0 Å². The molecule has 2 N–H and O–H groups in total. The number of aromatic nitrogens is 1. The number of aryl methyl sites for hydroxylation is 1. The minimum absolute atomic E-state index is 0.0674. The van der Waals surface area contributed by atoms with Gasteiger partial charge in [-0.05, 0) is 43.7 Å². The molecule has 1 heterocycles. The van der Waals surface area contributed by atoms with E-state index in [-0.39, 0.29) is 12.1 Å². The Morgan fingerprint density at radius 2 is 1.95 bits per heavy atom. The molecule has 106 valence electrons. The van der Waals surface area contributed by atoms with Crippen LogP contribution in [0.1, 0.15) is 29.7 Å². The van der Waals surface area contributed by atoms with Gasteiger partial charge >= 0.3 is 0 Å². The molecule has 0 fully saturated rings. The van der Waals surface area contributed by atoms with Crippen LogP contribution in [0.5, 0.6) is 0 Å². The van der Waals surface area contributed by atoms with Crippen LogP contribution in [0.2, 0.25) is 0 Å². The number of pyridine rings is 1. The summed E-state index contributed by atoms with van der Waals surface area (Å²) in [5.41, 5.74) is 10.0. The first-order valence-electron chi connectivity index (χ1n) is 7.00. The molecule has 0 spiro atoms. The number of rotatable bonds is 5. The molecule has 0 aliphatic carbocycles. The zero-order chi connectivity index (χ0) is 14.5. The second-order valence-corrected chi connectivity index (χ2v) is 5.44. The molecule has 1 aromatic carbocycles. The van der Waals surface area contributed by atoms with E-state index in [1.807, 2.05) is 12.3 Å². The van der Waals surface area contributed by atoms with Crippen molar-refractivity contribution in [2.75, 3.05) is 7.05 Å². The summed E-state index contributed by atoms with van der Waals surface area (Å²) >= 11 is 0. The van der Waals surface area contributed by atoms with Crippen LogP contribution in [0.25, 0.3) is 0 Å². The van der Waals surface area contributed by atoms with Gasteiger partial charge in [0.2, 0.25) is 0 Å². The van der Waals surface area contributed by atoms with Crippen LogP contribution in [0.15, 0.2) is 48.8 Å². The van der Waals surface area contributed by atoms with Crippen molar-refractivity contribution in [3.05, 3.63) is 65.5 Å². The van der Waals surface area contributed by atoms with Crippen LogP contribution >= 0.6 is 0 Å². The molecular formula is C17H23N3. The summed E-state index contributed by atoms with van der Waals surface area (Å²) in [6.07, 6.45) is 3.71. The summed E-state index contributed by atoms with van der Waals surface area (Å²) in [6.45, 7) is 5.05. The Morgan fingerprint density at radius 1 is 1.20 bits per heavy atom. The number of likely N-dealkylation sites (N-methyl/N-ethyl adjacent to an activating group) is 1. The summed E-state index contributed by atoms with van der Waals surface area (Å²) in [6, 6.07) is 12.8. The topological polar surface area (TPSA) is 42.1 Å². The van der Waals surface area contributed by atoms with E-state index >= 15 is 0 Å². The molecule has 0 saturated carbocycles. The molecule has 0 aliphatic rings. The van der Waals surface area contributed by atoms with Gasteiger partial charge in [0.1, 0.15) is 0 Å². The quantitative estimate of drug-likeness (QED) is 0.907. The minimum Gasteiger partial charge on any atom is -0.326 e. The SMILES string of the molecule is Cc1ccccc1C(C(C)N)N(C)Cc1cccnc1. The van der Waals surface area contributed by atoms with Crippen LogP contribution in [0.4, 0.5) is 0 Å². The van der Waals surface area contributed by atoms with E-state index in [2.05, 4.69) is 61.1 Å². The zero-order valence-electron chi connectivity index (χ0n) is 12.5. The summed E-state index contributed by atoms with van der Waals surface area (Å²) in [7, 11) is 2.12. The van der Waals surface area contributed by atoms with Gasteiger partial charge in [-0.3, -0.25) is 9.88 Å². The van der Waals surface area contributed by atoms with Gasteiger partial charge < -0.3 is 5.73 Å². The van der Waals surface area contributed by atoms with Crippen molar-refractivity contribution >= 4 is 0 Å².